The molecule has 6 heteroatoms. The van der Waals surface area contributed by atoms with Crippen LogP contribution in [0.2, 0.25) is 0 Å². The summed E-state index contributed by atoms with van der Waals surface area (Å²) >= 11 is 0. The van der Waals surface area contributed by atoms with Crippen LogP contribution in [0, 0.1) is 0 Å². The maximum Gasteiger partial charge on any atom is 0.222 e. The highest BCUT2D eigenvalue weighted by molar-refractivity contribution is 5.88. The number of hydrogen-bond donors (Lipinski definition) is 2. The molecule has 0 spiro atoms. The fourth-order valence-electron chi connectivity index (χ4n) is 2.78. The van der Waals surface area contributed by atoms with Gasteiger partial charge in [-0.2, -0.15) is 4.98 Å². The lowest BCUT2D eigenvalue weighted by Crippen LogP contribution is -2.15. The minimum absolute atomic E-state index is 0.146. The normalized spacial score (nSPS) is 12.8. The van der Waals surface area contributed by atoms with Gasteiger partial charge in [-0.25, -0.2) is 4.98 Å². The summed E-state index contributed by atoms with van der Waals surface area (Å²) in [6.07, 6.45) is 0. The second kappa shape index (κ2) is 5.73. The minimum Gasteiger partial charge on any atom is -0.486 e. The van der Waals surface area contributed by atoms with Crippen molar-refractivity contribution < 1.29 is 9.47 Å². The van der Waals surface area contributed by atoms with Crippen molar-refractivity contribution in [3.63, 3.8) is 0 Å². The van der Waals surface area contributed by atoms with E-state index in [1.165, 1.54) is 0 Å². The molecule has 1 aliphatic rings. The van der Waals surface area contributed by atoms with Crippen molar-refractivity contribution in [2.45, 2.75) is 0 Å². The van der Waals surface area contributed by atoms with Crippen LogP contribution in [0.4, 0.5) is 11.8 Å². The number of rotatable bonds is 2. The van der Waals surface area contributed by atoms with Crippen molar-refractivity contribution in [2.24, 2.45) is 0 Å². The first kappa shape index (κ1) is 14.3. The summed E-state index contributed by atoms with van der Waals surface area (Å²) < 4.78 is 11.2. The molecular weight excluding hydrogens is 304 g/mol. The highest BCUT2D eigenvalue weighted by atomic mass is 16.6. The number of hydrogen-bond acceptors (Lipinski definition) is 6. The fraction of sp³-hybridized carbons (Fsp3) is 0.111. The molecule has 24 heavy (non-hydrogen) atoms. The van der Waals surface area contributed by atoms with E-state index in [1.54, 1.807) is 0 Å². The molecule has 0 bridgehead atoms. The largest absolute Gasteiger partial charge is 0.486 e. The van der Waals surface area contributed by atoms with Crippen molar-refractivity contribution >= 4 is 11.8 Å². The molecule has 1 aromatic heterocycles. The van der Waals surface area contributed by atoms with Gasteiger partial charge in [-0.15, -0.1) is 0 Å². The van der Waals surface area contributed by atoms with Gasteiger partial charge in [0.2, 0.25) is 5.95 Å². The van der Waals surface area contributed by atoms with Gasteiger partial charge >= 0.3 is 0 Å². The van der Waals surface area contributed by atoms with Crippen molar-refractivity contribution in [1.82, 2.24) is 9.97 Å². The molecule has 0 saturated heterocycles. The second-order valence-corrected chi connectivity index (χ2v) is 5.42. The Labute approximate surface area is 139 Å². The molecule has 2 aromatic carbocycles. The average Bonchev–Trinajstić information content (AvgIpc) is 2.61. The summed E-state index contributed by atoms with van der Waals surface area (Å²) in [5, 5.41) is 0. The Kier molecular flexibility index (Phi) is 3.42. The van der Waals surface area contributed by atoms with E-state index in [4.69, 9.17) is 20.9 Å². The van der Waals surface area contributed by atoms with Crippen LogP contribution in [0.15, 0.2) is 48.5 Å². The first-order chi connectivity index (χ1) is 11.7. The van der Waals surface area contributed by atoms with E-state index in [9.17, 15) is 0 Å². The fourth-order valence-corrected chi connectivity index (χ4v) is 2.78. The number of nitrogens with two attached hydrogens (primary N) is 2. The molecule has 1 aliphatic heterocycles. The molecule has 0 amide bonds. The SMILES string of the molecule is Nc1nc(N)c(-c2ccc3c(c2)OCCO3)c(-c2ccccc2)n1. The number of nitrogen functional groups attached to an aromatic ring is 2. The Balaban J connectivity index is 1.92. The van der Waals surface area contributed by atoms with Gasteiger partial charge in [0.1, 0.15) is 19.0 Å². The summed E-state index contributed by atoms with van der Waals surface area (Å²) in [6, 6.07) is 15.4. The van der Waals surface area contributed by atoms with Crippen LogP contribution in [0.25, 0.3) is 22.4 Å². The van der Waals surface area contributed by atoms with E-state index in [-0.39, 0.29) is 5.95 Å². The average molecular weight is 320 g/mol. The third-order valence-electron chi connectivity index (χ3n) is 3.83. The van der Waals surface area contributed by atoms with Crippen molar-refractivity contribution in [3.8, 4) is 33.9 Å². The Hall–Kier alpha value is -3.28. The predicted octanol–water partition coefficient (Wildman–Crippen LogP) is 2.75. The van der Waals surface area contributed by atoms with Crippen LogP contribution in [-0.4, -0.2) is 23.2 Å². The Bertz CT molecular complexity index is 897. The maximum atomic E-state index is 6.16. The first-order valence-electron chi connectivity index (χ1n) is 7.61. The standard InChI is InChI=1S/C18H16N4O2/c19-17-15(12-6-7-13-14(10-12)24-9-8-23-13)16(21-18(20)22-17)11-4-2-1-3-5-11/h1-7,10H,8-9H2,(H4,19,20,21,22). The highest BCUT2D eigenvalue weighted by Crippen LogP contribution is 2.39. The van der Waals surface area contributed by atoms with Crippen LogP contribution in [-0.2, 0) is 0 Å². The van der Waals surface area contributed by atoms with E-state index in [2.05, 4.69) is 9.97 Å². The van der Waals surface area contributed by atoms with Crippen LogP contribution in [0.1, 0.15) is 0 Å². The van der Waals surface area contributed by atoms with Gasteiger partial charge in [0, 0.05) is 5.56 Å². The van der Waals surface area contributed by atoms with E-state index in [0.29, 0.717) is 30.5 Å². The zero-order valence-electron chi connectivity index (χ0n) is 12.9. The zero-order valence-corrected chi connectivity index (χ0v) is 12.9. The van der Waals surface area contributed by atoms with Crippen molar-refractivity contribution in [1.29, 1.82) is 0 Å². The molecule has 0 radical (unpaired) electrons. The quantitative estimate of drug-likeness (QED) is 0.753. The van der Waals surface area contributed by atoms with Gasteiger partial charge in [0.05, 0.1) is 11.3 Å². The lowest BCUT2D eigenvalue weighted by Gasteiger charge is -2.20. The van der Waals surface area contributed by atoms with Gasteiger partial charge < -0.3 is 20.9 Å². The van der Waals surface area contributed by atoms with Crippen molar-refractivity contribution in [3.05, 3.63) is 48.5 Å². The van der Waals surface area contributed by atoms with Gasteiger partial charge in [-0.1, -0.05) is 36.4 Å². The Morgan fingerprint density at radius 2 is 1.54 bits per heavy atom. The summed E-state index contributed by atoms with van der Waals surface area (Å²) in [4.78, 5) is 8.53. The van der Waals surface area contributed by atoms with Crippen LogP contribution >= 0.6 is 0 Å². The number of nitrogens with zero attached hydrogens (tertiary/aromatic N) is 2. The molecule has 4 N–H and O–H groups in total. The van der Waals surface area contributed by atoms with E-state index in [1.807, 2.05) is 48.5 Å². The number of ether oxygens (including phenoxy) is 2. The Morgan fingerprint density at radius 3 is 2.33 bits per heavy atom. The molecule has 3 aromatic rings. The molecule has 0 aliphatic carbocycles. The smallest absolute Gasteiger partial charge is 0.222 e. The molecule has 0 saturated carbocycles. The summed E-state index contributed by atoms with van der Waals surface area (Å²) in [6.45, 7) is 1.07. The topological polar surface area (TPSA) is 96.3 Å². The molecule has 0 unspecified atom stereocenters. The zero-order chi connectivity index (χ0) is 16.5. The van der Waals surface area contributed by atoms with Gasteiger partial charge in [0.15, 0.2) is 11.5 Å². The summed E-state index contributed by atoms with van der Waals surface area (Å²) in [7, 11) is 0. The lowest BCUT2D eigenvalue weighted by molar-refractivity contribution is 0.171. The van der Waals surface area contributed by atoms with Gasteiger partial charge in [-0.05, 0) is 17.7 Å². The van der Waals surface area contributed by atoms with E-state index < -0.39 is 0 Å². The van der Waals surface area contributed by atoms with Gasteiger partial charge in [0.25, 0.3) is 0 Å². The minimum atomic E-state index is 0.146. The highest BCUT2D eigenvalue weighted by Gasteiger charge is 2.18. The molecule has 2 heterocycles. The van der Waals surface area contributed by atoms with Crippen LogP contribution in [0.3, 0.4) is 0 Å². The number of anilines is 2. The van der Waals surface area contributed by atoms with Crippen LogP contribution < -0.4 is 20.9 Å². The molecular formula is C18H16N4O2. The van der Waals surface area contributed by atoms with Gasteiger partial charge in [-0.3, -0.25) is 0 Å². The monoisotopic (exact) mass is 320 g/mol. The Morgan fingerprint density at radius 1 is 0.792 bits per heavy atom. The molecule has 6 nitrogen and oxygen atoms in total. The third-order valence-corrected chi connectivity index (χ3v) is 3.83. The van der Waals surface area contributed by atoms with E-state index in [0.717, 1.165) is 22.4 Å². The second-order valence-electron chi connectivity index (χ2n) is 5.42. The number of fused-ring (bicyclic) bond motifs is 1. The number of benzene rings is 2. The molecule has 0 fully saturated rings. The maximum absolute atomic E-state index is 6.16. The molecule has 120 valence electrons. The summed E-state index contributed by atoms with van der Waals surface area (Å²) in [5.74, 6) is 1.89. The summed E-state index contributed by atoms with van der Waals surface area (Å²) in [5.41, 5.74) is 15.2. The molecule has 0 atom stereocenters. The number of aromatic nitrogens is 2. The molecule has 4 rings (SSSR count). The predicted molar refractivity (Wildman–Crippen MR) is 92.7 cm³/mol. The first-order valence-corrected chi connectivity index (χ1v) is 7.61. The van der Waals surface area contributed by atoms with E-state index >= 15 is 0 Å². The lowest BCUT2D eigenvalue weighted by atomic mass is 9.99. The van der Waals surface area contributed by atoms with Crippen LogP contribution in [0.5, 0.6) is 11.5 Å². The third kappa shape index (κ3) is 2.48. The van der Waals surface area contributed by atoms with Crippen molar-refractivity contribution in [2.75, 3.05) is 24.7 Å².